The zero-order valence-corrected chi connectivity index (χ0v) is 5.39. The van der Waals surface area contributed by atoms with Crippen molar-refractivity contribution in [1.29, 1.82) is 0 Å². The molecule has 0 aromatic heterocycles. The Morgan fingerprint density at radius 3 is 2.67 bits per heavy atom. The highest BCUT2D eigenvalue weighted by molar-refractivity contribution is 4.83. The molecule has 2 heterocycles. The average molecular weight is 128 g/mol. The second-order valence-electron chi connectivity index (χ2n) is 2.76. The zero-order valence-electron chi connectivity index (χ0n) is 5.39. The standard InChI is InChI=1S/C6H12N2O/c1-2-7-8-6(1)5-3-9-4-5/h5-8H,1-4H2. The molecule has 2 fully saturated rings. The summed E-state index contributed by atoms with van der Waals surface area (Å²) in [4.78, 5) is 0. The molecule has 3 nitrogen and oxygen atoms in total. The Kier molecular flexibility index (Phi) is 1.41. The molecule has 1 atom stereocenters. The molecule has 2 rings (SSSR count). The van der Waals surface area contributed by atoms with E-state index in [2.05, 4.69) is 10.9 Å². The monoisotopic (exact) mass is 128 g/mol. The van der Waals surface area contributed by atoms with Crippen LogP contribution >= 0.6 is 0 Å². The van der Waals surface area contributed by atoms with E-state index in [9.17, 15) is 0 Å². The molecule has 1 unspecified atom stereocenters. The number of ether oxygens (including phenoxy) is 1. The second-order valence-corrected chi connectivity index (χ2v) is 2.76. The van der Waals surface area contributed by atoms with Gasteiger partial charge in [-0.2, -0.15) is 0 Å². The van der Waals surface area contributed by atoms with E-state index in [1.54, 1.807) is 0 Å². The van der Waals surface area contributed by atoms with Gasteiger partial charge in [-0.15, -0.1) is 0 Å². The lowest BCUT2D eigenvalue weighted by Crippen LogP contribution is -2.44. The molecule has 0 aromatic carbocycles. The van der Waals surface area contributed by atoms with E-state index in [-0.39, 0.29) is 0 Å². The van der Waals surface area contributed by atoms with Crippen LogP contribution in [0.1, 0.15) is 6.42 Å². The Hall–Kier alpha value is -0.120. The van der Waals surface area contributed by atoms with Crippen LogP contribution in [0.5, 0.6) is 0 Å². The SMILES string of the molecule is C1CC(C2COC2)NN1. The van der Waals surface area contributed by atoms with Crippen LogP contribution in [0.4, 0.5) is 0 Å². The highest BCUT2D eigenvalue weighted by atomic mass is 16.5. The van der Waals surface area contributed by atoms with E-state index < -0.39 is 0 Å². The van der Waals surface area contributed by atoms with Gasteiger partial charge in [-0.25, -0.2) is 0 Å². The minimum Gasteiger partial charge on any atom is -0.381 e. The van der Waals surface area contributed by atoms with Gasteiger partial charge in [0.1, 0.15) is 0 Å². The Morgan fingerprint density at radius 1 is 1.33 bits per heavy atom. The first-order valence-corrected chi connectivity index (χ1v) is 3.53. The molecule has 0 spiro atoms. The quantitative estimate of drug-likeness (QED) is 0.499. The Bertz CT molecular complexity index is 97.2. The van der Waals surface area contributed by atoms with Crippen molar-refractivity contribution >= 4 is 0 Å². The van der Waals surface area contributed by atoms with E-state index >= 15 is 0 Å². The van der Waals surface area contributed by atoms with E-state index in [0.29, 0.717) is 6.04 Å². The molecule has 0 bridgehead atoms. The smallest absolute Gasteiger partial charge is 0.0531 e. The van der Waals surface area contributed by atoms with Crippen LogP contribution in [0.15, 0.2) is 0 Å². The van der Waals surface area contributed by atoms with Gasteiger partial charge in [0, 0.05) is 18.5 Å². The van der Waals surface area contributed by atoms with Gasteiger partial charge in [0.05, 0.1) is 13.2 Å². The summed E-state index contributed by atoms with van der Waals surface area (Å²) in [5.74, 6) is 0.778. The molecule has 0 radical (unpaired) electrons. The Morgan fingerprint density at radius 2 is 2.22 bits per heavy atom. The van der Waals surface area contributed by atoms with Gasteiger partial charge >= 0.3 is 0 Å². The van der Waals surface area contributed by atoms with Crippen molar-refractivity contribution in [3.63, 3.8) is 0 Å². The molecule has 3 heteroatoms. The molecule has 0 amide bonds. The zero-order chi connectivity index (χ0) is 6.10. The van der Waals surface area contributed by atoms with Crippen LogP contribution in [0.25, 0.3) is 0 Å². The van der Waals surface area contributed by atoms with Crippen molar-refractivity contribution < 1.29 is 4.74 Å². The molecule has 9 heavy (non-hydrogen) atoms. The first-order chi connectivity index (χ1) is 4.47. The summed E-state index contributed by atoms with van der Waals surface area (Å²) in [5, 5.41) is 0. The summed E-state index contributed by atoms with van der Waals surface area (Å²) in [6.07, 6.45) is 1.26. The normalized spacial score (nSPS) is 36.7. The van der Waals surface area contributed by atoms with Gasteiger partial charge in [-0.05, 0) is 6.42 Å². The van der Waals surface area contributed by atoms with E-state index in [1.165, 1.54) is 6.42 Å². The van der Waals surface area contributed by atoms with Crippen molar-refractivity contribution in [3.05, 3.63) is 0 Å². The number of hydrazine groups is 1. The maximum Gasteiger partial charge on any atom is 0.0531 e. The van der Waals surface area contributed by atoms with Crippen LogP contribution in [0, 0.1) is 5.92 Å². The lowest BCUT2D eigenvalue weighted by molar-refractivity contribution is -0.0473. The molecule has 0 aromatic rings. The molecule has 2 saturated heterocycles. The fraction of sp³-hybridized carbons (Fsp3) is 1.00. The fourth-order valence-electron chi connectivity index (χ4n) is 1.34. The first kappa shape index (κ1) is 5.65. The second kappa shape index (κ2) is 2.25. The highest BCUT2D eigenvalue weighted by Crippen LogP contribution is 2.18. The van der Waals surface area contributed by atoms with Crippen molar-refractivity contribution in [2.24, 2.45) is 5.92 Å². The summed E-state index contributed by atoms with van der Waals surface area (Å²) < 4.78 is 5.08. The molecule has 0 aliphatic carbocycles. The summed E-state index contributed by atoms with van der Waals surface area (Å²) >= 11 is 0. The van der Waals surface area contributed by atoms with Crippen molar-refractivity contribution in [1.82, 2.24) is 10.9 Å². The molecule has 2 aliphatic rings. The minimum absolute atomic E-state index is 0.679. The van der Waals surface area contributed by atoms with E-state index in [1.807, 2.05) is 0 Å². The van der Waals surface area contributed by atoms with Gasteiger partial charge in [0.2, 0.25) is 0 Å². The number of rotatable bonds is 1. The predicted molar refractivity (Wildman–Crippen MR) is 33.9 cm³/mol. The number of hydrogen-bond acceptors (Lipinski definition) is 3. The highest BCUT2D eigenvalue weighted by Gasteiger charge is 2.29. The van der Waals surface area contributed by atoms with Crippen LogP contribution in [-0.4, -0.2) is 25.8 Å². The van der Waals surface area contributed by atoms with Gasteiger partial charge in [0.25, 0.3) is 0 Å². The summed E-state index contributed by atoms with van der Waals surface area (Å²) in [5.41, 5.74) is 6.34. The molecule has 2 aliphatic heterocycles. The summed E-state index contributed by atoms with van der Waals surface area (Å²) in [6, 6.07) is 0.679. The van der Waals surface area contributed by atoms with Crippen LogP contribution in [0.3, 0.4) is 0 Å². The molecule has 2 N–H and O–H groups in total. The van der Waals surface area contributed by atoms with Crippen molar-refractivity contribution in [2.45, 2.75) is 12.5 Å². The number of nitrogens with one attached hydrogen (secondary N) is 2. The van der Waals surface area contributed by atoms with E-state index in [4.69, 9.17) is 4.74 Å². The Balaban J connectivity index is 1.82. The van der Waals surface area contributed by atoms with Gasteiger partial charge in [0.15, 0.2) is 0 Å². The lowest BCUT2D eigenvalue weighted by Gasteiger charge is -2.30. The van der Waals surface area contributed by atoms with Gasteiger partial charge in [-0.3, -0.25) is 10.9 Å². The van der Waals surface area contributed by atoms with Crippen molar-refractivity contribution in [2.75, 3.05) is 19.8 Å². The Labute approximate surface area is 54.7 Å². The van der Waals surface area contributed by atoms with Crippen LogP contribution < -0.4 is 10.9 Å². The third-order valence-corrected chi connectivity index (χ3v) is 2.10. The molecular formula is C6H12N2O. The maximum atomic E-state index is 5.08. The first-order valence-electron chi connectivity index (χ1n) is 3.53. The van der Waals surface area contributed by atoms with Crippen molar-refractivity contribution in [3.8, 4) is 0 Å². The number of hydrogen-bond donors (Lipinski definition) is 2. The minimum atomic E-state index is 0.679. The predicted octanol–water partition coefficient (Wildman–Crippen LogP) is -0.501. The summed E-state index contributed by atoms with van der Waals surface area (Å²) in [7, 11) is 0. The topological polar surface area (TPSA) is 33.3 Å². The molecule has 52 valence electrons. The molecular weight excluding hydrogens is 116 g/mol. The third-order valence-electron chi connectivity index (χ3n) is 2.10. The fourth-order valence-corrected chi connectivity index (χ4v) is 1.34. The lowest BCUT2D eigenvalue weighted by atomic mass is 9.97. The molecule has 0 saturated carbocycles. The van der Waals surface area contributed by atoms with E-state index in [0.717, 1.165) is 25.7 Å². The maximum absolute atomic E-state index is 5.08. The van der Waals surface area contributed by atoms with Crippen LogP contribution in [-0.2, 0) is 4.74 Å². The summed E-state index contributed by atoms with van der Waals surface area (Å²) in [6.45, 7) is 3.03. The third kappa shape index (κ3) is 0.956. The largest absolute Gasteiger partial charge is 0.381 e. The van der Waals surface area contributed by atoms with Gasteiger partial charge in [-0.1, -0.05) is 0 Å². The van der Waals surface area contributed by atoms with Gasteiger partial charge < -0.3 is 4.74 Å². The van der Waals surface area contributed by atoms with Crippen LogP contribution in [0.2, 0.25) is 0 Å². The average Bonchev–Trinajstić information content (AvgIpc) is 2.11.